The highest BCUT2D eigenvalue weighted by atomic mass is 32.2. The summed E-state index contributed by atoms with van der Waals surface area (Å²) in [4.78, 5) is -0.281. The molecule has 0 saturated carbocycles. The first-order valence-electron chi connectivity index (χ1n) is 9.11. The molecule has 0 bridgehead atoms. The summed E-state index contributed by atoms with van der Waals surface area (Å²) in [5.41, 5.74) is 1.90. The molecule has 0 spiro atoms. The normalized spacial score (nSPS) is 11.9. The van der Waals surface area contributed by atoms with E-state index in [1.807, 2.05) is 21.0 Å². The number of hydrogen-bond acceptors (Lipinski definition) is 7. The summed E-state index contributed by atoms with van der Waals surface area (Å²) in [6.45, 7) is 2.28. The molecule has 0 aliphatic heterocycles. The van der Waals surface area contributed by atoms with Gasteiger partial charge in [0.1, 0.15) is 5.58 Å². The van der Waals surface area contributed by atoms with Crippen LogP contribution in [0.4, 0.5) is 11.4 Å². The van der Waals surface area contributed by atoms with Gasteiger partial charge in [-0.1, -0.05) is 6.07 Å². The Morgan fingerprint density at radius 1 is 1.10 bits per heavy atom. The summed E-state index contributed by atoms with van der Waals surface area (Å²) in [7, 11) is -0.635. The predicted molar refractivity (Wildman–Crippen MR) is 114 cm³/mol. The van der Waals surface area contributed by atoms with Crippen molar-refractivity contribution in [2.45, 2.75) is 18.4 Å². The number of aromatic hydroxyl groups is 1. The van der Waals surface area contributed by atoms with Gasteiger partial charge in [0.25, 0.3) is 10.1 Å². The maximum atomic E-state index is 11.5. The average Bonchev–Trinajstić information content (AvgIpc) is 3.28. The van der Waals surface area contributed by atoms with E-state index in [0.717, 1.165) is 5.39 Å². The van der Waals surface area contributed by atoms with Crippen LogP contribution < -0.4 is 5.32 Å². The number of benzene rings is 2. The van der Waals surface area contributed by atoms with Crippen LogP contribution in [0.1, 0.15) is 6.92 Å². The van der Waals surface area contributed by atoms with Crippen molar-refractivity contribution in [2.75, 3.05) is 14.1 Å². The first-order chi connectivity index (χ1) is 14.3. The number of fused-ring (bicyclic) bond motifs is 2. The summed E-state index contributed by atoms with van der Waals surface area (Å²) in [5, 5.41) is 22.8. The highest BCUT2D eigenvalue weighted by Crippen LogP contribution is 2.41. The van der Waals surface area contributed by atoms with Crippen molar-refractivity contribution in [3.63, 3.8) is 0 Å². The molecule has 0 radical (unpaired) electrons. The summed E-state index contributed by atoms with van der Waals surface area (Å²) >= 11 is 0. The van der Waals surface area contributed by atoms with Crippen LogP contribution in [0.2, 0.25) is 0 Å². The van der Waals surface area contributed by atoms with E-state index in [9.17, 15) is 18.1 Å². The number of aryl methyl sites for hydroxylation is 1. The molecule has 4 rings (SSSR count). The minimum atomic E-state index is -4.39. The van der Waals surface area contributed by atoms with Crippen molar-refractivity contribution in [1.82, 2.24) is 9.88 Å². The van der Waals surface area contributed by atoms with E-state index in [0.29, 0.717) is 28.7 Å². The molecular weight excluding hydrogens is 408 g/mol. The van der Waals surface area contributed by atoms with E-state index in [-0.39, 0.29) is 16.5 Å². The predicted octanol–water partition coefficient (Wildman–Crippen LogP) is 4.61. The lowest BCUT2D eigenvalue weighted by molar-refractivity contribution is 0.427. The molecule has 0 fully saturated rings. The lowest BCUT2D eigenvalue weighted by Gasteiger charge is -2.02. The van der Waals surface area contributed by atoms with Gasteiger partial charge in [0.05, 0.1) is 22.4 Å². The van der Waals surface area contributed by atoms with Gasteiger partial charge in [-0.3, -0.25) is 4.55 Å². The van der Waals surface area contributed by atoms with Gasteiger partial charge >= 0.3 is 0 Å². The van der Waals surface area contributed by atoms with Crippen LogP contribution in [0.5, 0.6) is 5.88 Å². The first-order valence-corrected chi connectivity index (χ1v) is 10.5. The molecule has 158 valence electrons. The Balaban J connectivity index is 0.000000806. The molecule has 2 aromatic heterocycles. The zero-order valence-electron chi connectivity index (χ0n) is 16.7. The highest BCUT2D eigenvalue weighted by molar-refractivity contribution is 7.85. The Bertz CT molecular complexity index is 1320. The summed E-state index contributed by atoms with van der Waals surface area (Å²) in [6, 6.07) is 11.1. The number of hydrogen-bond donors (Lipinski definition) is 3. The summed E-state index contributed by atoms with van der Waals surface area (Å²) in [6.07, 6.45) is 1.54. The number of nitrogens with zero attached hydrogens (tertiary/aromatic N) is 3. The molecule has 3 N–H and O–H groups in total. The summed E-state index contributed by atoms with van der Waals surface area (Å²) in [5.74, 6) is -0.136. The Hall–Kier alpha value is -3.21. The van der Waals surface area contributed by atoms with Crippen molar-refractivity contribution in [3.8, 4) is 5.88 Å². The molecular formula is C20H22N4O5S. The maximum absolute atomic E-state index is 11.5. The van der Waals surface area contributed by atoms with Gasteiger partial charge in [-0.2, -0.15) is 8.42 Å². The van der Waals surface area contributed by atoms with E-state index in [4.69, 9.17) is 4.42 Å². The van der Waals surface area contributed by atoms with Crippen LogP contribution in [0.3, 0.4) is 0 Å². The fourth-order valence-electron chi connectivity index (χ4n) is 3.05. The standard InChI is InChI=1S/C18H15N3O5S.C2H7N/c1-2-21-15-7-6-11(27(23,24)25)10-13(15)17(18(21)22)20-19-14-4-3-5-16-12(14)8-9-26-16;1-3-2/h3-10,22H,2H2,1H3,(H,23,24,25);3H,1-2H3. The Labute approximate surface area is 173 Å². The van der Waals surface area contributed by atoms with E-state index in [1.54, 1.807) is 35.1 Å². The molecule has 0 aliphatic carbocycles. The van der Waals surface area contributed by atoms with Crippen molar-refractivity contribution >= 4 is 43.4 Å². The number of aromatic nitrogens is 1. The van der Waals surface area contributed by atoms with Gasteiger partial charge in [-0.15, -0.1) is 10.2 Å². The molecule has 0 saturated heterocycles. The van der Waals surface area contributed by atoms with Gasteiger partial charge in [0.2, 0.25) is 5.88 Å². The quantitative estimate of drug-likeness (QED) is 0.320. The Kier molecular flexibility index (Phi) is 6.20. The molecule has 10 heteroatoms. The number of azo groups is 1. The molecule has 2 aromatic carbocycles. The van der Waals surface area contributed by atoms with E-state index in [1.165, 1.54) is 18.2 Å². The van der Waals surface area contributed by atoms with E-state index >= 15 is 0 Å². The molecule has 9 nitrogen and oxygen atoms in total. The lowest BCUT2D eigenvalue weighted by Crippen LogP contribution is -1.98. The van der Waals surface area contributed by atoms with Gasteiger partial charge in [0, 0.05) is 17.3 Å². The Morgan fingerprint density at radius 2 is 1.83 bits per heavy atom. The largest absolute Gasteiger partial charge is 0.493 e. The van der Waals surface area contributed by atoms with Gasteiger partial charge < -0.3 is 19.4 Å². The van der Waals surface area contributed by atoms with Crippen LogP contribution in [-0.2, 0) is 16.7 Å². The second kappa shape index (κ2) is 8.66. The van der Waals surface area contributed by atoms with Gasteiger partial charge in [-0.05, 0) is 57.4 Å². The van der Waals surface area contributed by atoms with Crippen LogP contribution in [-0.4, -0.2) is 36.7 Å². The average molecular weight is 430 g/mol. The smallest absolute Gasteiger partial charge is 0.294 e. The van der Waals surface area contributed by atoms with Gasteiger partial charge in [0.15, 0.2) is 5.69 Å². The topological polar surface area (TPSA) is 129 Å². The van der Waals surface area contributed by atoms with Crippen molar-refractivity contribution in [3.05, 3.63) is 48.7 Å². The number of furan rings is 1. The molecule has 0 aliphatic rings. The third-order valence-corrected chi connectivity index (χ3v) is 5.18. The number of nitrogens with one attached hydrogen (secondary N) is 1. The highest BCUT2D eigenvalue weighted by Gasteiger charge is 2.19. The molecule has 30 heavy (non-hydrogen) atoms. The molecule has 0 atom stereocenters. The third kappa shape index (κ3) is 4.06. The zero-order chi connectivity index (χ0) is 21.9. The molecule has 0 unspecified atom stereocenters. The Morgan fingerprint density at radius 3 is 2.50 bits per heavy atom. The lowest BCUT2D eigenvalue weighted by atomic mass is 10.2. The van der Waals surface area contributed by atoms with Crippen molar-refractivity contribution in [1.29, 1.82) is 0 Å². The van der Waals surface area contributed by atoms with Crippen LogP contribution in [0.25, 0.3) is 21.9 Å². The van der Waals surface area contributed by atoms with E-state index < -0.39 is 10.1 Å². The fourth-order valence-corrected chi connectivity index (χ4v) is 3.56. The fraction of sp³-hybridized carbons (Fsp3) is 0.200. The minimum absolute atomic E-state index is 0.123. The zero-order valence-corrected chi connectivity index (χ0v) is 17.5. The van der Waals surface area contributed by atoms with Crippen molar-refractivity contribution < 1.29 is 22.5 Å². The number of rotatable bonds is 4. The van der Waals surface area contributed by atoms with Crippen LogP contribution >= 0.6 is 0 Å². The van der Waals surface area contributed by atoms with Gasteiger partial charge in [-0.25, -0.2) is 0 Å². The monoisotopic (exact) mass is 430 g/mol. The van der Waals surface area contributed by atoms with E-state index in [2.05, 4.69) is 15.5 Å². The molecule has 4 aromatic rings. The molecule has 0 amide bonds. The maximum Gasteiger partial charge on any atom is 0.294 e. The first kappa shape index (κ1) is 21.5. The third-order valence-electron chi connectivity index (χ3n) is 4.33. The van der Waals surface area contributed by atoms with Crippen LogP contribution in [0.15, 0.2) is 68.3 Å². The SMILES string of the molecule is CCn1c(O)c(N=Nc2cccc3occc23)c2cc(S(=O)(=O)O)ccc21.CNC. The van der Waals surface area contributed by atoms with Crippen LogP contribution in [0, 0.1) is 0 Å². The van der Waals surface area contributed by atoms with Crippen molar-refractivity contribution in [2.24, 2.45) is 10.2 Å². The molecule has 2 heterocycles. The summed E-state index contributed by atoms with van der Waals surface area (Å²) < 4.78 is 39.2. The second-order valence-electron chi connectivity index (χ2n) is 6.38. The minimum Gasteiger partial charge on any atom is -0.493 e. The second-order valence-corrected chi connectivity index (χ2v) is 7.80.